The fourth-order valence-electron chi connectivity index (χ4n) is 1.70. The van der Waals surface area contributed by atoms with Crippen LogP contribution >= 0.6 is 0 Å². The second-order valence-corrected chi connectivity index (χ2v) is 4.22. The van der Waals surface area contributed by atoms with E-state index in [1.165, 1.54) is 18.2 Å². The molecule has 1 aromatic rings. The molecule has 1 aromatic carbocycles. The second kappa shape index (κ2) is 6.31. The van der Waals surface area contributed by atoms with Crippen LogP contribution in [0, 0.1) is 5.82 Å². The molecule has 0 saturated carbocycles. The number of hydrogen-bond donors (Lipinski definition) is 2. The smallest absolute Gasteiger partial charge is 0.396 e. The van der Waals surface area contributed by atoms with Crippen LogP contribution in [0.15, 0.2) is 24.3 Å². The zero-order valence-electron chi connectivity index (χ0n) is 10.1. The molecule has 0 aromatic heterocycles. The zero-order valence-corrected chi connectivity index (χ0v) is 10.1. The van der Waals surface area contributed by atoms with Crippen LogP contribution < -0.4 is 5.73 Å². The number of hydrogen-bond acceptors (Lipinski definition) is 3. The van der Waals surface area contributed by atoms with Gasteiger partial charge in [0.2, 0.25) is 0 Å². The van der Waals surface area contributed by atoms with E-state index < -0.39 is 30.7 Å². The van der Waals surface area contributed by atoms with Crippen molar-refractivity contribution in [1.82, 2.24) is 0 Å². The van der Waals surface area contributed by atoms with Crippen molar-refractivity contribution in [2.24, 2.45) is 5.73 Å². The van der Waals surface area contributed by atoms with Crippen LogP contribution in [0.5, 0.6) is 0 Å². The standard InChI is InChI=1S/C12H15F4NO2/c13-10-4-2-1-3-9(10)11(17,5-6-18)7-19-8-12(14,15)16/h1-4,18H,5-8,17H2. The molecular weight excluding hydrogens is 266 g/mol. The van der Waals surface area contributed by atoms with Gasteiger partial charge in [-0.25, -0.2) is 4.39 Å². The Morgan fingerprint density at radius 3 is 2.32 bits per heavy atom. The van der Waals surface area contributed by atoms with Crippen molar-refractivity contribution in [2.75, 3.05) is 19.8 Å². The van der Waals surface area contributed by atoms with Crippen LogP contribution in [0.2, 0.25) is 0 Å². The fourth-order valence-corrected chi connectivity index (χ4v) is 1.70. The van der Waals surface area contributed by atoms with Crippen LogP contribution in [0.1, 0.15) is 12.0 Å². The lowest BCUT2D eigenvalue weighted by molar-refractivity contribution is -0.178. The molecule has 0 aliphatic carbocycles. The van der Waals surface area contributed by atoms with Crippen LogP contribution in [-0.2, 0) is 10.3 Å². The average molecular weight is 281 g/mol. The lowest BCUT2D eigenvalue weighted by atomic mass is 9.88. The molecular formula is C12H15F4NO2. The van der Waals surface area contributed by atoms with Gasteiger partial charge in [-0.3, -0.25) is 0 Å². The topological polar surface area (TPSA) is 55.5 Å². The third-order valence-corrected chi connectivity index (χ3v) is 2.59. The number of nitrogens with two attached hydrogens (primary N) is 1. The quantitative estimate of drug-likeness (QED) is 0.783. The highest BCUT2D eigenvalue weighted by Crippen LogP contribution is 2.26. The highest BCUT2D eigenvalue weighted by molar-refractivity contribution is 5.26. The summed E-state index contributed by atoms with van der Waals surface area (Å²) < 4.78 is 54.2. The maximum atomic E-state index is 13.6. The number of ether oxygens (including phenoxy) is 1. The van der Waals surface area contributed by atoms with E-state index in [9.17, 15) is 17.6 Å². The molecule has 0 aliphatic heterocycles. The minimum absolute atomic E-state index is 0.0197. The summed E-state index contributed by atoms with van der Waals surface area (Å²) >= 11 is 0. The summed E-state index contributed by atoms with van der Waals surface area (Å²) in [4.78, 5) is 0. The van der Waals surface area contributed by atoms with Gasteiger partial charge in [-0.05, 0) is 12.5 Å². The maximum absolute atomic E-state index is 13.6. The largest absolute Gasteiger partial charge is 0.411 e. The number of aliphatic hydroxyl groups is 1. The predicted octanol–water partition coefficient (Wildman–Crippen LogP) is 1.94. The van der Waals surface area contributed by atoms with Gasteiger partial charge in [0, 0.05) is 12.2 Å². The van der Waals surface area contributed by atoms with E-state index in [1.807, 2.05) is 0 Å². The van der Waals surface area contributed by atoms with Crippen LogP contribution in [0.4, 0.5) is 17.6 Å². The first kappa shape index (κ1) is 15.9. The Bertz CT molecular complexity index is 411. The Balaban J connectivity index is 2.83. The lowest BCUT2D eigenvalue weighted by Gasteiger charge is -2.29. The lowest BCUT2D eigenvalue weighted by Crippen LogP contribution is -2.44. The third-order valence-electron chi connectivity index (χ3n) is 2.59. The van der Waals surface area contributed by atoms with Crippen molar-refractivity contribution in [1.29, 1.82) is 0 Å². The van der Waals surface area contributed by atoms with Gasteiger partial charge >= 0.3 is 6.18 Å². The molecule has 3 nitrogen and oxygen atoms in total. The van der Waals surface area contributed by atoms with Gasteiger partial charge in [0.1, 0.15) is 12.4 Å². The van der Waals surface area contributed by atoms with E-state index in [2.05, 4.69) is 4.74 Å². The average Bonchev–Trinajstić information content (AvgIpc) is 2.28. The van der Waals surface area contributed by atoms with Gasteiger partial charge < -0.3 is 15.6 Å². The molecule has 108 valence electrons. The molecule has 0 heterocycles. The molecule has 1 rings (SSSR count). The molecule has 0 spiro atoms. The summed E-state index contributed by atoms with van der Waals surface area (Å²) in [6, 6.07) is 5.47. The van der Waals surface area contributed by atoms with Crippen LogP contribution in [0.3, 0.4) is 0 Å². The monoisotopic (exact) mass is 281 g/mol. The summed E-state index contributed by atoms with van der Waals surface area (Å²) in [7, 11) is 0. The predicted molar refractivity (Wildman–Crippen MR) is 60.8 cm³/mol. The van der Waals surface area contributed by atoms with Crippen molar-refractivity contribution in [3.63, 3.8) is 0 Å². The molecule has 0 fully saturated rings. The number of benzene rings is 1. The molecule has 0 amide bonds. The second-order valence-electron chi connectivity index (χ2n) is 4.22. The molecule has 3 N–H and O–H groups in total. The van der Waals surface area contributed by atoms with Gasteiger partial charge in [0.25, 0.3) is 0 Å². The van der Waals surface area contributed by atoms with Gasteiger partial charge in [0.15, 0.2) is 0 Å². The van der Waals surface area contributed by atoms with Gasteiger partial charge in [-0.1, -0.05) is 18.2 Å². The normalized spacial score (nSPS) is 15.3. The van der Waals surface area contributed by atoms with E-state index in [0.29, 0.717) is 0 Å². The van der Waals surface area contributed by atoms with Crippen molar-refractivity contribution in [2.45, 2.75) is 18.1 Å². The number of halogens is 4. The van der Waals surface area contributed by atoms with E-state index in [4.69, 9.17) is 10.8 Å². The summed E-state index contributed by atoms with van der Waals surface area (Å²) in [6.07, 6.45) is -4.58. The molecule has 0 radical (unpaired) electrons. The minimum Gasteiger partial charge on any atom is -0.396 e. The molecule has 0 saturated heterocycles. The van der Waals surface area contributed by atoms with Crippen molar-refractivity contribution in [3.8, 4) is 0 Å². The fraction of sp³-hybridized carbons (Fsp3) is 0.500. The van der Waals surface area contributed by atoms with Crippen molar-refractivity contribution in [3.05, 3.63) is 35.6 Å². The number of alkyl halides is 3. The van der Waals surface area contributed by atoms with Gasteiger partial charge in [-0.15, -0.1) is 0 Å². The molecule has 7 heteroatoms. The Morgan fingerprint density at radius 1 is 1.16 bits per heavy atom. The Labute approximate surface area is 108 Å². The van der Waals surface area contributed by atoms with E-state index in [1.54, 1.807) is 0 Å². The highest BCUT2D eigenvalue weighted by Gasteiger charge is 2.33. The minimum atomic E-state index is -4.48. The van der Waals surface area contributed by atoms with Crippen LogP contribution in [0.25, 0.3) is 0 Å². The summed E-state index contributed by atoms with van der Waals surface area (Å²) in [5, 5.41) is 8.93. The number of rotatable bonds is 6. The first-order valence-electron chi connectivity index (χ1n) is 5.58. The highest BCUT2D eigenvalue weighted by atomic mass is 19.4. The SMILES string of the molecule is NC(CCO)(COCC(F)(F)F)c1ccccc1F. The summed E-state index contributed by atoms with van der Waals surface area (Å²) in [5.41, 5.74) is 4.39. The number of aliphatic hydroxyl groups excluding tert-OH is 1. The van der Waals surface area contributed by atoms with Crippen molar-refractivity contribution < 1.29 is 27.4 Å². The van der Waals surface area contributed by atoms with Crippen LogP contribution in [-0.4, -0.2) is 31.1 Å². The maximum Gasteiger partial charge on any atom is 0.411 e. The molecule has 1 unspecified atom stereocenters. The summed E-state index contributed by atoms with van der Waals surface area (Å²) in [5.74, 6) is -0.644. The first-order chi connectivity index (χ1) is 8.78. The van der Waals surface area contributed by atoms with E-state index >= 15 is 0 Å². The summed E-state index contributed by atoms with van der Waals surface area (Å²) in [6.45, 7) is -2.39. The zero-order chi connectivity index (χ0) is 14.5. The Hall–Kier alpha value is -1.18. The molecule has 0 bridgehead atoms. The van der Waals surface area contributed by atoms with E-state index in [-0.39, 0.29) is 18.6 Å². The first-order valence-corrected chi connectivity index (χ1v) is 5.58. The molecule has 1 atom stereocenters. The molecule has 0 aliphatic rings. The Morgan fingerprint density at radius 2 is 1.79 bits per heavy atom. The van der Waals surface area contributed by atoms with Crippen molar-refractivity contribution >= 4 is 0 Å². The third kappa shape index (κ3) is 4.77. The van der Waals surface area contributed by atoms with Gasteiger partial charge in [0.05, 0.1) is 12.1 Å². The van der Waals surface area contributed by atoms with E-state index in [0.717, 1.165) is 6.07 Å². The van der Waals surface area contributed by atoms with Gasteiger partial charge in [-0.2, -0.15) is 13.2 Å². The molecule has 19 heavy (non-hydrogen) atoms. The Kier molecular flexibility index (Phi) is 5.28.